The summed E-state index contributed by atoms with van der Waals surface area (Å²) in [6.07, 6.45) is 0. The van der Waals surface area contributed by atoms with Crippen LogP contribution < -0.4 is 15.0 Å². The number of benzene rings is 3. The fourth-order valence-electron chi connectivity index (χ4n) is 4.01. The number of sulfonamides is 1. The summed E-state index contributed by atoms with van der Waals surface area (Å²) in [7, 11) is -3.63. The Morgan fingerprint density at radius 2 is 1.70 bits per heavy atom. The molecule has 4 rings (SSSR count). The molecule has 10 nitrogen and oxygen atoms in total. The van der Waals surface area contributed by atoms with Crippen LogP contribution in [0.4, 0.5) is 17.1 Å². The zero-order valence-electron chi connectivity index (χ0n) is 20.0. The van der Waals surface area contributed by atoms with Gasteiger partial charge in [-0.15, -0.1) is 0 Å². The summed E-state index contributed by atoms with van der Waals surface area (Å²) in [5.41, 5.74) is 1.73. The molecule has 1 saturated heterocycles. The van der Waals surface area contributed by atoms with Gasteiger partial charge in [-0.2, -0.15) is 4.31 Å². The minimum atomic E-state index is -3.63. The fraction of sp³-hybridized carbons (Fsp3) is 0.240. The Morgan fingerprint density at radius 3 is 2.38 bits per heavy atom. The average Bonchev–Trinajstić information content (AvgIpc) is 2.88. The summed E-state index contributed by atoms with van der Waals surface area (Å²) in [6.45, 7) is 2.67. The van der Waals surface area contributed by atoms with Gasteiger partial charge < -0.3 is 15.0 Å². The Balaban J connectivity index is 1.43. The van der Waals surface area contributed by atoms with Crippen LogP contribution in [0.2, 0.25) is 5.02 Å². The summed E-state index contributed by atoms with van der Waals surface area (Å²) in [4.78, 5) is 25.4. The molecule has 1 heterocycles. The van der Waals surface area contributed by atoms with Crippen molar-refractivity contribution in [2.75, 3.05) is 43.0 Å². The van der Waals surface area contributed by atoms with E-state index in [-0.39, 0.29) is 29.4 Å². The Hall–Kier alpha value is -3.67. The van der Waals surface area contributed by atoms with E-state index in [4.69, 9.17) is 16.3 Å². The summed E-state index contributed by atoms with van der Waals surface area (Å²) in [6, 6.07) is 17.6. The SMILES string of the molecule is Cc1ccc(S(=O)(=O)N2CCN(c3c(Cl)cccc3NC(=O)COc3ccccc3[N+](=O)[O-])CC2)cc1. The first-order valence-corrected chi connectivity index (χ1v) is 13.2. The van der Waals surface area contributed by atoms with Crippen LogP contribution in [0.25, 0.3) is 0 Å². The van der Waals surface area contributed by atoms with Crippen LogP contribution in [0, 0.1) is 17.0 Å². The van der Waals surface area contributed by atoms with E-state index >= 15 is 0 Å². The molecule has 0 radical (unpaired) electrons. The number of nitrogens with one attached hydrogen (secondary N) is 1. The van der Waals surface area contributed by atoms with E-state index in [0.717, 1.165) is 5.56 Å². The first kappa shape index (κ1) is 26.4. The minimum Gasteiger partial charge on any atom is -0.477 e. The van der Waals surface area contributed by atoms with E-state index < -0.39 is 27.5 Å². The van der Waals surface area contributed by atoms with Gasteiger partial charge in [-0.1, -0.05) is 47.5 Å². The fourth-order valence-corrected chi connectivity index (χ4v) is 5.72. The van der Waals surface area contributed by atoms with Crippen molar-refractivity contribution < 1.29 is 22.9 Å². The number of anilines is 2. The monoisotopic (exact) mass is 544 g/mol. The summed E-state index contributed by atoms with van der Waals surface area (Å²) >= 11 is 6.48. The standard InChI is InChI=1S/C25H25ClN4O6S/c1-18-9-11-19(12-10-18)37(34,35)29-15-13-28(14-16-29)25-20(26)5-4-6-21(25)27-24(31)17-36-23-8-3-2-7-22(23)30(32)33/h2-12H,13-17H2,1H3,(H,27,31). The number of nitro groups is 1. The number of amides is 1. The van der Waals surface area contributed by atoms with Gasteiger partial charge >= 0.3 is 5.69 Å². The van der Waals surface area contributed by atoms with E-state index in [9.17, 15) is 23.3 Å². The number of piperazine rings is 1. The number of nitro benzene ring substituents is 1. The number of halogens is 1. The topological polar surface area (TPSA) is 122 Å². The van der Waals surface area contributed by atoms with Crippen LogP contribution in [0.5, 0.6) is 5.75 Å². The number of hydrogen-bond donors (Lipinski definition) is 1. The normalized spacial score (nSPS) is 14.3. The maximum absolute atomic E-state index is 13.0. The van der Waals surface area contributed by atoms with E-state index in [0.29, 0.717) is 29.5 Å². The third-order valence-electron chi connectivity index (χ3n) is 5.90. The van der Waals surface area contributed by atoms with Gasteiger partial charge in [0.1, 0.15) is 0 Å². The summed E-state index contributed by atoms with van der Waals surface area (Å²) < 4.78 is 32.9. The molecule has 0 spiro atoms. The highest BCUT2D eigenvalue weighted by Gasteiger charge is 2.30. The van der Waals surface area contributed by atoms with E-state index in [1.165, 1.54) is 22.5 Å². The molecule has 1 N–H and O–H groups in total. The lowest BCUT2D eigenvalue weighted by atomic mass is 10.2. The van der Waals surface area contributed by atoms with Crippen LogP contribution in [0.15, 0.2) is 71.6 Å². The predicted molar refractivity (Wildman–Crippen MR) is 141 cm³/mol. The predicted octanol–water partition coefficient (Wildman–Crippen LogP) is 4.09. The van der Waals surface area contributed by atoms with Gasteiger partial charge in [0.2, 0.25) is 10.0 Å². The van der Waals surface area contributed by atoms with Crippen LogP contribution in [-0.4, -0.2) is 56.3 Å². The molecule has 3 aromatic carbocycles. The lowest BCUT2D eigenvalue weighted by Crippen LogP contribution is -2.49. The number of para-hydroxylation sites is 3. The number of rotatable bonds is 8. The van der Waals surface area contributed by atoms with Crippen molar-refractivity contribution in [2.45, 2.75) is 11.8 Å². The lowest BCUT2D eigenvalue weighted by molar-refractivity contribution is -0.385. The second-order valence-electron chi connectivity index (χ2n) is 8.40. The Bertz CT molecular complexity index is 1410. The lowest BCUT2D eigenvalue weighted by Gasteiger charge is -2.36. The molecule has 194 valence electrons. The van der Waals surface area contributed by atoms with Crippen LogP contribution in [0.1, 0.15) is 5.56 Å². The molecule has 1 aliphatic heterocycles. The van der Waals surface area contributed by atoms with Crippen molar-refractivity contribution in [2.24, 2.45) is 0 Å². The van der Waals surface area contributed by atoms with Crippen LogP contribution in [0.3, 0.4) is 0 Å². The van der Waals surface area contributed by atoms with Gasteiger partial charge in [0.25, 0.3) is 5.91 Å². The molecule has 1 fully saturated rings. The molecule has 3 aromatic rings. The van der Waals surface area contributed by atoms with Gasteiger partial charge in [-0.3, -0.25) is 14.9 Å². The van der Waals surface area contributed by atoms with Gasteiger partial charge in [-0.05, 0) is 37.3 Å². The highest BCUT2D eigenvalue weighted by molar-refractivity contribution is 7.89. The maximum Gasteiger partial charge on any atom is 0.310 e. The van der Waals surface area contributed by atoms with E-state index in [1.54, 1.807) is 48.5 Å². The summed E-state index contributed by atoms with van der Waals surface area (Å²) in [5, 5.41) is 14.3. The van der Waals surface area contributed by atoms with E-state index in [2.05, 4.69) is 5.32 Å². The smallest absolute Gasteiger partial charge is 0.310 e. The molecule has 1 amide bonds. The Kier molecular flexibility index (Phi) is 7.96. The molecular formula is C25H25ClN4O6S. The van der Waals surface area contributed by atoms with Gasteiger partial charge in [0.15, 0.2) is 12.4 Å². The van der Waals surface area contributed by atoms with Crippen LogP contribution in [-0.2, 0) is 14.8 Å². The molecule has 12 heteroatoms. The van der Waals surface area contributed by atoms with Crippen molar-refractivity contribution in [3.63, 3.8) is 0 Å². The average molecular weight is 545 g/mol. The molecule has 0 aromatic heterocycles. The number of nitrogens with zero attached hydrogens (tertiary/aromatic N) is 3. The second-order valence-corrected chi connectivity index (χ2v) is 10.7. The first-order valence-electron chi connectivity index (χ1n) is 11.4. The van der Waals surface area contributed by atoms with Crippen molar-refractivity contribution in [3.05, 3.63) is 87.4 Å². The van der Waals surface area contributed by atoms with Crippen molar-refractivity contribution in [1.29, 1.82) is 0 Å². The highest BCUT2D eigenvalue weighted by atomic mass is 35.5. The van der Waals surface area contributed by atoms with Crippen molar-refractivity contribution in [3.8, 4) is 5.75 Å². The molecule has 0 aliphatic carbocycles. The largest absolute Gasteiger partial charge is 0.477 e. The zero-order chi connectivity index (χ0) is 26.6. The Morgan fingerprint density at radius 1 is 1.03 bits per heavy atom. The number of carbonyl (C=O) groups excluding carboxylic acids is 1. The van der Waals surface area contributed by atoms with Gasteiger partial charge in [-0.25, -0.2) is 8.42 Å². The maximum atomic E-state index is 13.0. The molecule has 0 unspecified atom stereocenters. The van der Waals surface area contributed by atoms with Crippen LogP contribution >= 0.6 is 11.6 Å². The molecule has 0 bridgehead atoms. The van der Waals surface area contributed by atoms with Gasteiger partial charge in [0.05, 0.1) is 26.2 Å². The Labute approximate surface area is 219 Å². The van der Waals surface area contributed by atoms with Crippen molar-refractivity contribution >= 4 is 44.6 Å². The number of ether oxygens (including phenoxy) is 1. The molecule has 0 saturated carbocycles. The number of hydrogen-bond acceptors (Lipinski definition) is 7. The highest BCUT2D eigenvalue weighted by Crippen LogP contribution is 2.35. The number of carbonyl (C=O) groups is 1. The molecule has 37 heavy (non-hydrogen) atoms. The molecule has 0 atom stereocenters. The third-order valence-corrected chi connectivity index (χ3v) is 8.11. The molecular weight excluding hydrogens is 520 g/mol. The quantitative estimate of drug-likeness (QED) is 0.335. The van der Waals surface area contributed by atoms with Gasteiger partial charge in [0, 0.05) is 32.2 Å². The second kappa shape index (κ2) is 11.2. The minimum absolute atomic E-state index is 0.0140. The molecule has 1 aliphatic rings. The van der Waals surface area contributed by atoms with Crippen molar-refractivity contribution in [1.82, 2.24) is 4.31 Å². The van der Waals surface area contributed by atoms with E-state index in [1.807, 2.05) is 11.8 Å². The third kappa shape index (κ3) is 6.01. The summed E-state index contributed by atoms with van der Waals surface area (Å²) in [5.74, 6) is -0.540. The number of aryl methyl sites for hydroxylation is 1. The first-order chi connectivity index (χ1) is 17.7. The zero-order valence-corrected chi connectivity index (χ0v) is 21.5.